The minimum atomic E-state index is -4.39. The van der Waals surface area contributed by atoms with Gasteiger partial charge >= 0.3 is 6.18 Å². The summed E-state index contributed by atoms with van der Waals surface area (Å²) in [5.74, 6) is -0.365. The molecule has 0 radical (unpaired) electrons. The molecule has 30 heavy (non-hydrogen) atoms. The van der Waals surface area contributed by atoms with Crippen LogP contribution in [0.4, 0.5) is 18.9 Å². The molecule has 1 aromatic heterocycles. The van der Waals surface area contributed by atoms with Crippen LogP contribution in [0.3, 0.4) is 0 Å². The molecule has 156 valence electrons. The van der Waals surface area contributed by atoms with E-state index in [1.54, 1.807) is 25.3 Å². The molecule has 0 fully saturated rings. The first-order chi connectivity index (χ1) is 14.2. The molecule has 4 nitrogen and oxygen atoms in total. The Morgan fingerprint density at radius 3 is 2.63 bits per heavy atom. The lowest BCUT2D eigenvalue weighted by molar-refractivity contribution is -0.0790. The number of rotatable bonds is 5. The molecule has 0 bridgehead atoms. The van der Waals surface area contributed by atoms with Gasteiger partial charge in [0.05, 0.1) is 11.6 Å². The fraction of sp³-hybridized carbons (Fsp3) is 0.217. The van der Waals surface area contributed by atoms with Crippen LogP contribution in [0, 0.1) is 6.92 Å². The van der Waals surface area contributed by atoms with Crippen molar-refractivity contribution >= 4 is 28.6 Å². The number of nitrogens with zero attached hydrogens (tertiary/aromatic N) is 1. The van der Waals surface area contributed by atoms with Crippen molar-refractivity contribution in [1.82, 2.24) is 4.98 Å². The Kier molecular flexibility index (Phi) is 6.22. The molecule has 0 saturated heterocycles. The molecule has 2 N–H and O–H groups in total. The van der Waals surface area contributed by atoms with Gasteiger partial charge in [-0.1, -0.05) is 31.2 Å². The molecule has 0 aliphatic rings. The van der Waals surface area contributed by atoms with Crippen molar-refractivity contribution in [2.75, 3.05) is 5.32 Å². The van der Waals surface area contributed by atoms with Crippen LogP contribution in [0.5, 0.6) is 0 Å². The number of aryl methyl sites for hydroxylation is 1. The van der Waals surface area contributed by atoms with Gasteiger partial charge in [0.1, 0.15) is 0 Å². The smallest absolute Gasteiger partial charge is 0.388 e. The van der Waals surface area contributed by atoms with E-state index in [9.17, 15) is 23.1 Å². The SMILES string of the molecule is CCC(O)c1cnc2cc(NC(=O)c3ccc(/C=C/C(F)(F)F)cc3C)ccc2c1. The highest BCUT2D eigenvalue weighted by Gasteiger charge is 2.21. The number of aliphatic hydroxyl groups is 1. The molecule has 1 unspecified atom stereocenters. The third kappa shape index (κ3) is 5.24. The van der Waals surface area contributed by atoms with Gasteiger partial charge in [-0.25, -0.2) is 0 Å². The number of anilines is 1. The van der Waals surface area contributed by atoms with Crippen LogP contribution >= 0.6 is 0 Å². The number of carbonyl (C=O) groups excluding carboxylic acids is 1. The van der Waals surface area contributed by atoms with Crippen LogP contribution < -0.4 is 5.32 Å². The Morgan fingerprint density at radius 1 is 1.20 bits per heavy atom. The number of halogens is 3. The van der Waals surface area contributed by atoms with Crippen LogP contribution in [0.15, 0.2) is 54.7 Å². The van der Waals surface area contributed by atoms with E-state index in [1.807, 2.05) is 19.1 Å². The van der Waals surface area contributed by atoms with Crippen molar-refractivity contribution < 1.29 is 23.1 Å². The summed E-state index contributed by atoms with van der Waals surface area (Å²) in [6.07, 6.45) is -1.63. The second-order valence-corrected chi connectivity index (χ2v) is 7.00. The first-order valence-electron chi connectivity index (χ1n) is 9.42. The molecule has 7 heteroatoms. The van der Waals surface area contributed by atoms with Gasteiger partial charge in [-0.3, -0.25) is 9.78 Å². The van der Waals surface area contributed by atoms with Gasteiger partial charge in [0.25, 0.3) is 5.91 Å². The van der Waals surface area contributed by atoms with Crippen molar-refractivity contribution in [3.8, 4) is 0 Å². The zero-order valence-corrected chi connectivity index (χ0v) is 16.5. The Balaban J connectivity index is 1.78. The number of benzene rings is 2. The molecule has 1 atom stereocenters. The van der Waals surface area contributed by atoms with Gasteiger partial charge in [-0.05, 0) is 54.3 Å². The number of nitrogens with one attached hydrogen (secondary N) is 1. The molecule has 1 amide bonds. The van der Waals surface area contributed by atoms with E-state index >= 15 is 0 Å². The highest BCUT2D eigenvalue weighted by Crippen LogP contribution is 2.24. The molecule has 3 aromatic rings. The fourth-order valence-corrected chi connectivity index (χ4v) is 3.07. The van der Waals surface area contributed by atoms with Crippen molar-refractivity contribution in [1.29, 1.82) is 0 Å². The number of aromatic nitrogens is 1. The third-order valence-corrected chi connectivity index (χ3v) is 4.69. The molecule has 1 heterocycles. The number of carbonyl (C=O) groups is 1. The van der Waals surface area contributed by atoms with Gasteiger partial charge in [0.15, 0.2) is 0 Å². The molecule has 0 saturated carbocycles. The summed E-state index contributed by atoms with van der Waals surface area (Å²) < 4.78 is 36.9. The fourth-order valence-electron chi connectivity index (χ4n) is 3.07. The standard InChI is InChI=1S/C23H21F3N2O2/c1-3-21(29)17-11-16-5-6-18(12-20(16)27-13-17)28-22(30)19-7-4-15(10-14(19)2)8-9-23(24,25)26/h4-13,21,29H,3H2,1-2H3,(H,28,30)/b9-8+. The van der Waals surface area contributed by atoms with E-state index in [4.69, 9.17) is 0 Å². The highest BCUT2D eigenvalue weighted by molar-refractivity contribution is 6.06. The predicted molar refractivity (Wildman–Crippen MR) is 111 cm³/mol. The highest BCUT2D eigenvalue weighted by atomic mass is 19.4. The summed E-state index contributed by atoms with van der Waals surface area (Å²) in [6.45, 7) is 3.55. The molecule has 0 spiro atoms. The summed E-state index contributed by atoms with van der Waals surface area (Å²) in [6, 6.07) is 11.6. The first-order valence-corrected chi connectivity index (χ1v) is 9.42. The molecule has 0 aliphatic heterocycles. The van der Waals surface area contributed by atoms with E-state index < -0.39 is 12.3 Å². The number of aliphatic hydroxyl groups excluding tert-OH is 1. The Bertz CT molecular complexity index is 1110. The average molecular weight is 414 g/mol. The molecular formula is C23H21F3N2O2. The van der Waals surface area contributed by atoms with Crippen molar-refractivity contribution in [2.45, 2.75) is 32.5 Å². The number of pyridine rings is 1. The van der Waals surface area contributed by atoms with Crippen molar-refractivity contribution in [3.05, 3.63) is 77.0 Å². The topological polar surface area (TPSA) is 62.2 Å². The largest absolute Gasteiger partial charge is 0.409 e. The van der Waals surface area contributed by atoms with E-state index in [-0.39, 0.29) is 12.0 Å². The molecule has 3 rings (SSSR count). The lowest BCUT2D eigenvalue weighted by Crippen LogP contribution is -2.13. The second kappa shape index (κ2) is 8.67. The van der Waals surface area contributed by atoms with Gasteiger partial charge in [0.2, 0.25) is 0 Å². The number of hydrogen-bond acceptors (Lipinski definition) is 3. The minimum Gasteiger partial charge on any atom is -0.388 e. The van der Waals surface area contributed by atoms with Crippen LogP contribution in [0.1, 0.15) is 46.5 Å². The molecule has 2 aromatic carbocycles. The molecular weight excluding hydrogens is 393 g/mol. The summed E-state index contributed by atoms with van der Waals surface area (Å²) >= 11 is 0. The monoisotopic (exact) mass is 414 g/mol. The van der Waals surface area contributed by atoms with Gasteiger partial charge in [0, 0.05) is 28.9 Å². The Morgan fingerprint density at radius 2 is 1.97 bits per heavy atom. The van der Waals surface area contributed by atoms with E-state index in [0.29, 0.717) is 34.3 Å². The normalized spacial score (nSPS) is 13.0. The van der Waals surface area contributed by atoms with Gasteiger partial charge < -0.3 is 10.4 Å². The minimum absolute atomic E-state index is 0.161. The quantitative estimate of drug-likeness (QED) is 0.553. The van der Waals surface area contributed by atoms with Gasteiger partial charge in [-0.2, -0.15) is 13.2 Å². The first kappa shape index (κ1) is 21.5. The lowest BCUT2D eigenvalue weighted by Gasteiger charge is -2.11. The zero-order chi connectivity index (χ0) is 21.9. The van der Waals surface area contributed by atoms with Crippen molar-refractivity contribution in [2.24, 2.45) is 0 Å². The summed E-state index contributed by atoms with van der Waals surface area (Å²) in [7, 11) is 0. The zero-order valence-electron chi connectivity index (χ0n) is 16.5. The van der Waals surface area contributed by atoms with Gasteiger partial charge in [-0.15, -0.1) is 0 Å². The van der Waals surface area contributed by atoms with E-state index in [2.05, 4.69) is 10.3 Å². The van der Waals surface area contributed by atoms with Crippen LogP contribution in [-0.2, 0) is 0 Å². The van der Waals surface area contributed by atoms with E-state index in [1.165, 1.54) is 18.2 Å². The van der Waals surface area contributed by atoms with E-state index in [0.717, 1.165) is 17.0 Å². The predicted octanol–water partition coefficient (Wildman–Crippen LogP) is 5.81. The third-order valence-electron chi connectivity index (χ3n) is 4.69. The Labute approximate surface area is 172 Å². The summed E-state index contributed by atoms with van der Waals surface area (Å²) in [5.41, 5.74) is 3.24. The lowest BCUT2D eigenvalue weighted by atomic mass is 10.0. The van der Waals surface area contributed by atoms with Crippen LogP contribution in [-0.4, -0.2) is 22.2 Å². The number of fused-ring (bicyclic) bond motifs is 1. The summed E-state index contributed by atoms with van der Waals surface area (Å²) in [5, 5.41) is 13.6. The van der Waals surface area contributed by atoms with Crippen molar-refractivity contribution in [3.63, 3.8) is 0 Å². The number of allylic oxidation sites excluding steroid dienone is 1. The maximum atomic E-state index is 12.6. The summed E-state index contributed by atoms with van der Waals surface area (Å²) in [4.78, 5) is 17.0. The number of hydrogen-bond donors (Lipinski definition) is 2. The van der Waals surface area contributed by atoms with Crippen LogP contribution in [0.2, 0.25) is 0 Å². The Hall–Kier alpha value is -3.19. The maximum absolute atomic E-state index is 12.6. The second-order valence-electron chi connectivity index (χ2n) is 7.00. The maximum Gasteiger partial charge on any atom is 0.409 e. The number of amides is 1. The van der Waals surface area contributed by atoms with Crippen LogP contribution in [0.25, 0.3) is 17.0 Å². The molecule has 0 aliphatic carbocycles. The average Bonchev–Trinajstić information content (AvgIpc) is 2.70. The number of alkyl halides is 3.